The third-order valence-corrected chi connectivity index (χ3v) is 3.27. The number of rotatable bonds is 4. The lowest BCUT2D eigenvalue weighted by molar-refractivity contribution is 0.0750. The number of nitrogens with zero attached hydrogens (tertiary/aromatic N) is 2. The summed E-state index contributed by atoms with van der Waals surface area (Å²) in [7, 11) is 0. The van der Waals surface area contributed by atoms with Gasteiger partial charge in [-0.05, 0) is 43.7 Å². The molecule has 20 heavy (non-hydrogen) atoms. The molecule has 1 amide bonds. The molecule has 4 heteroatoms. The van der Waals surface area contributed by atoms with Crippen LogP contribution in [-0.4, -0.2) is 22.3 Å². The molecule has 0 aliphatic carbocycles. The summed E-state index contributed by atoms with van der Waals surface area (Å²) < 4.78 is 0. The first kappa shape index (κ1) is 14.1. The maximum Gasteiger partial charge on any atom is 0.254 e. The third kappa shape index (κ3) is 3.15. The van der Waals surface area contributed by atoms with Gasteiger partial charge in [0.05, 0.1) is 12.2 Å². The summed E-state index contributed by atoms with van der Waals surface area (Å²) in [6.07, 6.45) is 1.73. The van der Waals surface area contributed by atoms with Gasteiger partial charge in [-0.1, -0.05) is 12.1 Å². The zero-order valence-corrected chi connectivity index (χ0v) is 11.8. The van der Waals surface area contributed by atoms with E-state index in [1.807, 2.05) is 44.2 Å². The van der Waals surface area contributed by atoms with Gasteiger partial charge in [0.25, 0.3) is 5.91 Å². The molecule has 0 saturated heterocycles. The summed E-state index contributed by atoms with van der Waals surface area (Å²) in [5.74, 6) is -0.0233. The molecule has 0 unspecified atom stereocenters. The predicted molar refractivity (Wildman–Crippen MR) is 80.2 cm³/mol. The Bertz CT molecular complexity index is 596. The number of hydrogen-bond acceptors (Lipinski definition) is 3. The quantitative estimate of drug-likeness (QED) is 0.868. The fourth-order valence-corrected chi connectivity index (χ4v) is 1.97. The average molecular weight is 269 g/mol. The van der Waals surface area contributed by atoms with Gasteiger partial charge in [-0.25, -0.2) is 0 Å². The van der Waals surface area contributed by atoms with Crippen LogP contribution in [0.25, 0.3) is 0 Å². The first-order valence-electron chi connectivity index (χ1n) is 6.67. The normalized spacial score (nSPS) is 10.3. The van der Waals surface area contributed by atoms with E-state index in [0.717, 1.165) is 11.3 Å². The molecule has 0 bridgehead atoms. The molecule has 104 valence electrons. The number of benzene rings is 1. The number of nitrogens with two attached hydrogens (primary N) is 1. The van der Waals surface area contributed by atoms with Gasteiger partial charge in [0.2, 0.25) is 0 Å². The Morgan fingerprint density at radius 1 is 1.30 bits per heavy atom. The zero-order valence-electron chi connectivity index (χ0n) is 11.8. The summed E-state index contributed by atoms with van der Waals surface area (Å²) in [5.41, 5.74) is 8.99. The van der Waals surface area contributed by atoms with Gasteiger partial charge < -0.3 is 10.6 Å². The molecule has 1 aromatic carbocycles. The van der Waals surface area contributed by atoms with Gasteiger partial charge in [-0.2, -0.15) is 0 Å². The van der Waals surface area contributed by atoms with Crippen molar-refractivity contribution in [3.8, 4) is 0 Å². The molecule has 0 spiro atoms. The Hall–Kier alpha value is -2.36. The highest BCUT2D eigenvalue weighted by molar-refractivity contribution is 5.95. The fraction of sp³-hybridized carbons (Fsp3) is 0.250. The largest absolute Gasteiger partial charge is 0.398 e. The van der Waals surface area contributed by atoms with Gasteiger partial charge in [0, 0.05) is 24.0 Å². The van der Waals surface area contributed by atoms with E-state index >= 15 is 0 Å². The first-order valence-corrected chi connectivity index (χ1v) is 6.67. The van der Waals surface area contributed by atoms with Crippen LogP contribution in [0.4, 0.5) is 5.69 Å². The standard InChI is InChI=1S/C16H19N3O/c1-3-19(11-14-6-4-5-9-18-14)16(20)13-8-7-12(2)15(17)10-13/h4-10H,3,11,17H2,1-2H3. The third-order valence-electron chi connectivity index (χ3n) is 3.27. The molecule has 0 atom stereocenters. The van der Waals surface area contributed by atoms with Crippen molar-refractivity contribution in [2.45, 2.75) is 20.4 Å². The predicted octanol–water partition coefficient (Wildman–Crippen LogP) is 2.63. The van der Waals surface area contributed by atoms with Crippen LogP contribution < -0.4 is 5.73 Å². The van der Waals surface area contributed by atoms with Crippen molar-refractivity contribution >= 4 is 11.6 Å². The maximum atomic E-state index is 12.5. The SMILES string of the molecule is CCN(Cc1ccccn1)C(=O)c1ccc(C)c(N)c1. The van der Waals surface area contributed by atoms with E-state index < -0.39 is 0 Å². The molecular weight excluding hydrogens is 250 g/mol. The van der Waals surface area contributed by atoms with Crippen LogP contribution in [-0.2, 0) is 6.54 Å². The molecule has 4 nitrogen and oxygen atoms in total. The number of nitrogen functional groups attached to an aromatic ring is 1. The maximum absolute atomic E-state index is 12.5. The number of aryl methyl sites for hydroxylation is 1. The molecule has 0 fully saturated rings. The Balaban J connectivity index is 2.18. The molecule has 2 N–H and O–H groups in total. The highest BCUT2D eigenvalue weighted by Crippen LogP contribution is 2.15. The number of carbonyl (C=O) groups excluding carboxylic acids is 1. The lowest BCUT2D eigenvalue weighted by atomic mass is 10.1. The van der Waals surface area contributed by atoms with E-state index in [-0.39, 0.29) is 5.91 Å². The molecule has 2 aromatic rings. The number of amides is 1. The van der Waals surface area contributed by atoms with Crippen LogP contribution in [0.2, 0.25) is 0 Å². The molecule has 0 aliphatic rings. The summed E-state index contributed by atoms with van der Waals surface area (Å²) in [6.45, 7) is 5.01. The van der Waals surface area contributed by atoms with E-state index in [2.05, 4.69) is 4.98 Å². The molecule has 1 aromatic heterocycles. The van der Waals surface area contributed by atoms with Crippen LogP contribution in [0, 0.1) is 6.92 Å². The summed E-state index contributed by atoms with van der Waals surface area (Å²) in [5, 5.41) is 0. The second kappa shape index (κ2) is 6.19. The lowest BCUT2D eigenvalue weighted by Gasteiger charge is -2.21. The van der Waals surface area contributed by atoms with Crippen LogP contribution >= 0.6 is 0 Å². The van der Waals surface area contributed by atoms with Crippen molar-refractivity contribution in [2.24, 2.45) is 0 Å². The van der Waals surface area contributed by atoms with Gasteiger partial charge in [0.1, 0.15) is 0 Å². The van der Waals surface area contributed by atoms with Crippen molar-refractivity contribution in [3.05, 3.63) is 59.4 Å². The van der Waals surface area contributed by atoms with E-state index in [9.17, 15) is 4.79 Å². The van der Waals surface area contributed by atoms with Gasteiger partial charge in [-0.3, -0.25) is 9.78 Å². The highest BCUT2D eigenvalue weighted by Gasteiger charge is 2.15. The van der Waals surface area contributed by atoms with Crippen LogP contribution in [0.1, 0.15) is 28.5 Å². The van der Waals surface area contributed by atoms with Crippen LogP contribution in [0.15, 0.2) is 42.6 Å². The number of carbonyl (C=O) groups is 1. The molecule has 2 rings (SSSR count). The van der Waals surface area contributed by atoms with Crippen molar-refractivity contribution in [1.82, 2.24) is 9.88 Å². The smallest absolute Gasteiger partial charge is 0.254 e. The van der Waals surface area contributed by atoms with Crippen molar-refractivity contribution < 1.29 is 4.79 Å². The lowest BCUT2D eigenvalue weighted by Crippen LogP contribution is -2.30. The minimum absolute atomic E-state index is 0.0233. The Kier molecular flexibility index (Phi) is 4.35. The summed E-state index contributed by atoms with van der Waals surface area (Å²) >= 11 is 0. The zero-order chi connectivity index (χ0) is 14.5. The number of hydrogen-bond donors (Lipinski definition) is 1. The van der Waals surface area contributed by atoms with Crippen molar-refractivity contribution in [3.63, 3.8) is 0 Å². The summed E-state index contributed by atoms with van der Waals surface area (Å²) in [4.78, 5) is 18.5. The van der Waals surface area contributed by atoms with Crippen molar-refractivity contribution in [1.29, 1.82) is 0 Å². The summed E-state index contributed by atoms with van der Waals surface area (Å²) in [6, 6.07) is 11.1. The number of pyridine rings is 1. The average Bonchev–Trinajstić information content (AvgIpc) is 2.48. The molecule has 0 aliphatic heterocycles. The Morgan fingerprint density at radius 3 is 2.70 bits per heavy atom. The number of anilines is 1. The number of aromatic nitrogens is 1. The molecule has 1 heterocycles. The molecule has 0 saturated carbocycles. The minimum atomic E-state index is -0.0233. The first-order chi connectivity index (χ1) is 9.61. The Morgan fingerprint density at radius 2 is 2.10 bits per heavy atom. The minimum Gasteiger partial charge on any atom is -0.398 e. The van der Waals surface area contributed by atoms with Crippen molar-refractivity contribution in [2.75, 3.05) is 12.3 Å². The van der Waals surface area contributed by atoms with Crippen LogP contribution in [0.3, 0.4) is 0 Å². The van der Waals surface area contributed by atoms with E-state index in [0.29, 0.717) is 24.3 Å². The van der Waals surface area contributed by atoms with Gasteiger partial charge >= 0.3 is 0 Å². The molecular formula is C16H19N3O. The van der Waals surface area contributed by atoms with Crippen LogP contribution in [0.5, 0.6) is 0 Å². The van der Waals surface area contributed by atoms with E-state index in [4.69, 9.17) is 5.73 Å². The van der Waals surface area contributed by atoms with Gasteiger partial charge in [-0.15, -0.1) is 0 Å². The van der Waals surface area contributed by atoms with Gasteiger partial charge in [0.15, 0.2) is 0 Å². The van der Waals surface area contributed by atoms with E-state index in [1.54, 1.807) is 17.2 Å². The fourth-order valence-electron chi connectivity index (χ4n) is 1.97. The monoisotopic (exact) mass is 269 g/mol. The highest BCUT2D eigenvalue weighted by atomic mass is 16.2. The second-order valence-electron chi connectivity index (χ2n) is 4.71. The van der Waals surface area contributed by atoms with E-state index in [1.165, 1.54) is 0 Å². The topological polar surface area (TPSA) is 59.2 Å². The molecule has 0 radical (unpaired) electrons. The second-order valence-corrected chi connectivity index (χ2v) is 4.71. The Labute approximate surface area is 119 Å².